The van der Waals surface area contributed by atoms with Crippen molar-refractivity contribution < 1.29 is 9.90 Å². The summed E-state index contributed by atoms with van der Waals surface area (Å²) in [7, 11) is 0. The van der Waals surface area contributed by atoms with Crippen LogP contribution in [0.2, 0.25) is 5.02 Å². The molecular formula is C15H21ClN2O2S. The molecule has 2 rings (SSSR count). The molecule has 1 aliphatic rings. The van der Waals surface area contributed by atoms with Gasteiger partial charge in [0, 0.05) is 22.2 Å². The second kappa shape index (κ2) is 7.38. The number of carbonyl (C=O) groups is 1. The van der Waals surface area contributed by atoms with E-state index in [0.717, 1.165) is 22.6 Å². The summed E-state index contributed by atoms with van der Waals surface area (Å²) in [5, 5.41) is 16.1. The van der Waals surface area contributed by atoms with Gasteiger partial charge in [-0.3, -0.25) is 0 Å². The predicted molar refractivity (Wildman–Crippen MR) is 86.9 cm³/mol. The number of fused-ring (bicyclic) bond motifs is 1. The lowest BCUT2D eigenvalue weighted by Crippen LogP contribution is -2.43. The van der Waals surface area contributed by atoms with Crippen molar-refractivity contribution >= 4 is 29.4 Å². The highest BCUT2D eigenvalue weighted by atomic mass is 35.5. The van der Waals surface area contributed by atoms with E-state index in [2.05, 4.69) is 10.6 Å². The van der Waals surface area contributed by atoms with Gasteiger partial charge >= 0.3 is 6.03 Å². The number of urea groups is 1. The molecule has 0 saturated heterocycles. The van der Waals surface area contributed by atoms with E-state index < -0.39 is 6.10 Å². The number of thioether (sulfide) groups is 1. The van der Waals surface area contributed by atoms with Crippen LogP contribution in [0, 0.1) is 5.92 Å². The third-order valence-corrected chi connectivity index (χ3v) is 4.92. The molecule has 0 radical (unpaired) electrons. The van der Waals surface area contributed by atoms with Gasteiger partial charge in [0.05, 0.1) is 12.1 Å². The first-order valence-corrected chi connectivity index (χ1v) is 8.48. The first-order valence-electron chi connectivity index (χ1n) is 7.12. The van der Waals surface area contributed by atoms with E-state index in [1.165, 1.54) is 0 Å². The fourth-order valence-electron chi connectivity index (χ4n) is 2.16. The average Bonchev–Trinajstić information content (AvgIpc) is 2.45. The van der Waals surface area contributed by atoms with E-state index in [1.807, 2.05) is 32.0 Å². The number of aliphatic hydroxyl groups excluding tert-OH is 1. The van der Waals surface area contributed by atoms with Gasteiger partial charge in [-0.25, -0.2) is 4.79 Å². The summed E-state index contributed by atoms with van der Waals surface area (Å²) in [6.45, 7) is 4.09. The van der Waals surface area contributed by atoms with Gasteiger partial charge in [-0.2, -0.15) is 0 Å². The van der Waals surface area contributed by atoms with E-state index in [1.54, 1.807) is 11.8 Å². The Hall–Kier alpha value is -0.910. The lowest BCUT2D eigenvalue weighted by molar-refractivity contribution is 0.124. The number of amides is 2. The van der Waals surface area contributed by atoms with Crippen molar-refractivity contribution in [1.82, 2.24) is 10.6 Å². The van der Waals surface area contributed by atoms with Gasteiger partial charge in [-0.15, -0.1) is 11.8 Å². The zero-order chi connectivity index (χ0) is 15.4. The minimum absolute atomic E-state index is 0.0313. The zero-order valence-corrected chi connectivity index (χ0v) is 13.8. The number of halogens is 1. The van der Waals surface area contributed by atoms with Crippen LogP contribution in [0.25, 0.3) is 0 Å². The summed E-state index contributed by atoms with van der Waals surface area (Å²) in [6, 6.07) is 5.50. The van der Waals surface area contributed by atoms with E-state index >= 15 is 0 Å². The Kier molecular flexibility index (Phi) is 5.79. The largest absolute Gasteiger partial charge is 0.391 e. The number of benzene rings is 1. The van der Waals surface area contributed by atoms with Crippen molar-refractivity contribution in [3.05, 3.63) is 28.8 Å². The number of rotatable bonds is 4. The quantitative estimate of drug-likeness (QED) is 0.795. The lowest BCUT2D eigenvalue weighted by Gasteiger charge is -2.26. The summed E-state index contributed by atoms with van der Waals surface area (Å²) in [5.41, 5.74) is 1.07. The molecule has 2 amide bonds. The molecule has 116 valence electrons. The molecule has 3 N–H and O–H groups in total. The molecule has 6 heteroatoms. The van der Waals surface area contributed by atoms with Gasteiger partial charge in [0.1, 0.15) is 0 Å². The smallest absolute Gasteiger partial charge is 0.315 e. The fraction of sp³-hybridized carbons (Fsp3) is 0.533. The van der Waals surface area contributed by atoms with Crippen LogP contribution < -0.4 is 10.6 Å². The van der Waals surface area contributed by atoms with Crippen LogP contribution in [0.15, 0.2) is 23.1 Å². The molecule has 21 heavy (non-hydrogen) atoms. The average molecular weight is 329 g/mol. The van der Waals surface area contributed by atoms with Crippen LogP contribution in [-0.2, 0) is 0 Å². The standard InChI is InChI=1S/C15H21ClN2O2S/c1-9(2)13(19)8-17-15(20)18-12-5-6-21-14-4-3-10(16)7-11(12)14/h3-4,7,9,12-13,19H,5-6,8H2,1-2H3,(H2,17,18,20). The summed E-state index contributed by atoms with van der Waals surface area (Å²) in [6.07, 6.45) is 0.345. The summed E-state index contributed by atoms with van der Waals surface area (Å²) < 4.78 is 0. The van der Waals surface area contributed by atoms with Crippen LogP contribution in [0.4, 0.5) is 4.79 Å². The Bertz CT molecular complexity index is 510. The second-order valence-electron chi connectivity index (χ2n) is 5.54. The molecule has 0 aromatic heterocycles. The van der Waals surface area contributed by atoms with Crippen LogP contribution in [-0.4, -0.2) is 29.5 Å². The van der Waals surface area contributed by atoms with Crippen molar-refractivity contribution in [1.29, 1.82) is 0 Å². The minimum Gasteiger partial charge on any atom is -0.391 e. The second-order valence-corrected chi connectivity index (χ2v) is 7.11. The highest BCUT2D eigenvalue weighted by Gasteiger charge is 2.23. The molecule has 0 saturated carbocycles. The molecule has 0 spiro atoms. The van der Waals surface area contributed by atoms with Gasteiger partial charge in [-0.1, -0.05) is 25.4 Å². The number of carbonyl (C=O) groups excluding carboxylic acids is 1. The monoisotopic (exact) mass is 328 g/mol. The Labute approximate surface area is 134 Å². The number of hydrogen-bond acceptors (Lipinski definition) is 3. The number of aliphatic hydroxyl groups is 1. The van der Waals surface area contributed by atoms with Gasteiger partial charge in [0.15, 0.2) is 0 Å². The van der Waals surface area contributed by atoms with Crippen LogP contribution >= 0.6 is 23.4 Å². The van der Waals surface area contributed by atoms with E-state index in [9.17, 15) is 9.90 Å². The Morgan fingerprint density at radius 1 is 1.52 bits per heavy atom. The Balaban J connectivity index is 1.95. The minimum atomic E-state index is -0.528. The maximum atomic E-state index is 12.0. The molecule has 1 aromatic carbocycles. The van der Waals surface area contributed by atoms with Crippen molar-refractivity contribution in [2.24, 2.45) is 5.92 Å². The number of nitrogens with one attached hydrogen (secondary N) is 2. The summed E-state index contributed by atoms with van der Waals surface area (Å²) in [5.74, 6) is 1.09. The molecule has 1 aromatic rings. The molecule has 1 heterocycles. The van der Waals surface area contributed by atoms with Gasteiger partial charge in [0.25, 0.3) is 0 Å². The van der Waals surface area contributed by atoms with Gasteiger partial charge < -0.3 is 15.7 Å². The van der Waals surface area contributed by atoms with Crippen LogP contribution in [0.1, 0.15) is 31.9 Å². The predicted octanol–water partition coefficient (Wildman–Crippen LogP) is 3.19. The molecule has 2 atom stereocenters. The highest BCUT2D eigenvalue weighted by molar-refractivity contribution is 7.99. The molecular weight excluding hydrogens is 308 g/mol. The van der Waals surface area contributed by atoms with Crippen molar-refractivity contribution in [2.75, 3.05) is 12.3 Å². The topological polar surface area (TPSA) is 61.4 Å². The first kappa shape index (κ1) is 16.5. The maximum absolute atomic E-state index is 12.0. The highest BCUT2D eigenvalue weighted by Crippen LogP contribution is 2.37. The van der Waals surface area contributed by atoms with Crippen molar-refractivity contribution in [2.45, 2.75) is 37.3 Å². The molecule has 0 bridgehead atoms. The Morgan fingerprint density at radius 3 is 3.00 bits per heavy atom. The van der Waals surface area contributed by atoms with Crippen molar-refractivity contribution in [3.8, 4) is 0 Å². The molecule has 2 unspecified atom stereocenters. The van der Waals surface area contributed by atoms with E-state index in [0.29, 0.717) is 5.02 Å². The fourth-order valence-corrected chi connectivity index (χ4v) is 3.44. The van der Waals surface area contributed by atoms with Gasteiger partial charge in [0.2, 0.25) is 0 Å². The summed E-state index contributed by atoms with van der Waals surface area (Å²) >= 11 is 7.83. The third-order valence-electron chi connectivity index (χ3n) is 3.56. The molecule has 4 nitrogen and oxygen atoms in total. The lowest BCUT2D eigenvalue weighted by atomic mass is 10.0. The summed E-state index contributed by atoms with van der Waals surface area (Å²) in [4.78, 5) is 13.1. The normalized spacial score (nSPS) is 19.0. The SMILES string of the molecule is CC(C)C(O)CNC(=O)NC1CCSc2ccc(Cl)cc21. The zero-order valence-electron chi connectivity index (χ0n) is 12.2. The van der Waals surface area contributed by atoms with E-state index in [-0.39, 0.29) is 24.5 Å². The first-order chi connectivity index (χ1) is 9.97. The molecule has 0 aliphatic carbocycles. The molecule has 1 aliphatic heterocycles. The maximum Gasteiger partial charge on any atom is 0.315 e. The van der Waals surface area contributed by atoms with Gasteiger partial charge in [-0.05, 0) is 36.1 Å². The Morgan fingerprint density at radius 2 is 2.29 bits per heavy atom. The van der Waals surface area contributed by atoms with Crippen molar-refractivity contribution in [3.63, 3.8) is 0 Å². The third kappa shape index (κ3) is 4.53. The molecule has 0 fully saturated rings. The van der Waals surface area contributed by atoms with E-state index in [4.69, 9.17) is 11.6 Å². The van der Waals surface area contributed by atoms with Crippen LogP contribution in [0.5, 0.6) is 0 Å². The number of hydrogen-bond donors (Lipinski definition) is 3. The van der Waals surface area contributed by atoms with Crippen LogP contribution in [0.3, 0.4) is 0 Å².